The van der Waals surface area contributed by atoms with Gasteiger partial charge in [0.1, 0.15) is 0 Å². The minimum atomic E-state index is 0.118. The minimum Gasteiger partial charge on any atom is -0.411 e. The van der Waals surface area contributed by atoms with Crippen LogP contribution in [0.3, 0.4) is 0 Å². The quantitative estimate of drug-likeness (QED) is 0.799. The van der Waals surface area contributed by atoms with Crippen LogP contribution in [0, 0.1) is 0 Å². The van der Waals surface area contributed by atoms with Crippen molar-refractivity contribution in [2.24, 2.45) is 0 Å². The Balaban J connectivity index is 1.63. The summed E-state index contributed by atoms with van der Waals surface area (Å²) in [6.45, 7) is 2.92. The zero-order chi connectivity index (χ0) is 15.5. The average Bonchev–Trinajstić information content (AvgIpc) is 3.14. The number of likely N-dealkylation sites (tertiary alicyclic amines) is 1. The Morgan fingerprint density at radius 2 is 2.27 bits per heavy atom. The van der Waals surface area contributed by atoms with Crippen LogP contribution in [-0.2, 0) is 4.79 Å². The fraction of sp³-hybridized carbons (Fsp3) is 0.400. The van der Waals surface area contributed by atoms with E-state index in [1.165, 1.54) is 11.8 Å². The molecule has 3 rings (SSSR count). The maximum absolute atomic E-state index is 12.2. The van der Waals surface area contributed by atoms with Gasteiger partial charge < -0.3 is 9.32 Å². The third kappa shape index (κ3) is 3.28. The first-order chi connectivity index (χ1) is 10.6. The van der Waals surface area contributed by atoms with E-state index < -0.39 is 0 Å². The van der Waals surface area contributed by atoms with Crippen molar-refractivity contribution in [1.82, 2.24) is 15.1 Å². The number of hydrogen-bond acceptors (Lipinski definition) is 5. The van der Waals surface area contributed by atoms with E-state index in [0.29, 0.717) is 33.5 Å². The lowest BCUT2D eigenvalue weighted by atomic mass is 10.2. The molecule has 0 spiro atoms. The highest BCUT2D eigenvalue weighted by atomic mass is 35.5. The summed E-state index contributed by atoms with van der Waals surface area (Å²) >= 11 is 7.37. The van der Waals surface area contributed by atoms with Crippen LogP contribution in [0.1, 0.15) is 19.8 Å². The fourth-order valence-corrected chi connectivity index (χ4v) is 3.39. The summed E-state index contributed by atoms with van der Waals surface area (Å²) in [5.74, 6) is 0.802. The molecule has 1 atom stereocenters. The van der Waals surface area contributed by atoms with Gasteiger partial charge in [-0.2, -0.15) is 0 Å². The molecule has 1 aliphatic heterocycles. The Labute approximate surface area is 138 Å². The summed E-state index contributed by atoms with van der Waals surface area (Å²) in [5.41, 5.74) is 0.697. The topological polar surface area (TPSA) is 59.2 Å². The minimum absolute atomic E-state index is 0.118. The first kappa shape index (κ1) is 15.4. The molecule has 1 unspecified atom stereocenters. The Bertz CT molecular complexity index is 676. The summed E-state index contributed by atoms with van der Waals surface area (Å²) in [6.07, 6.45) is 2.16. The molecule has 116 valence electrons. The van der Waals surface area contributed by atoms with Gasteiger partial charge in [-0.25, -0.2) is 0 Å². The molecule has 0 radical (unpaired) electrons. The lowest BCUT2D eigenvalue weighted by molar-refractivity contribution is -0.128. The van der Waals surface area contributed by atoms with Gasteiger partial charge in [-0.05, 0) is 31.9 Å². The van der Waals surface area contributed by atoms with Gasteiger partial charge in [0.05, 0.1) is 16.3 Å². The molecular formula is C15H16ClN3O2S. The summed E-state index contributed by atoms with van der Waals surface area (Å²) in [4.78, 5) is 14.1. The van der Waals surface area contributed by atoms with Crippen LogP contribution in [0.2, 0.25) is 5.02 Å². The normalized spacial score (nSPS) is 17.9. The highest BCUT2D eigenvalue weighted by molar-refractivity contribution is 7.99. The second-order valence-corrected chi connectivity index (χ2v) is 6.55. The summed E-state index contributed by atoms with van der Waals surface area (Å²) in [6, 6.07) is 7.62. The third-order valence-corrected chi connectivity index (χ3v) is 4.84. The molecule has 1 fully saturated rings. The molecule has 1 saturated heterocycles. The summed E-state index contributed by atoms with van der Waals surface area (Å²) < 4.78 is 5.58. The highest BCUT2D eigenvalue weighted by Gasteiger charge is 2.25. The third-order valence-electron chi connectivity index (χ3n) is 3.70. The van der Waals surface area contributed by atoms with Crippen LogP contribution in [-0.4, -0.2) is 39.3 Å². The van der Waals surface area contributed by atoms with Crippen LogP contribution < -0.4 is 0 Å². The number of halogens is 1. The maximum Gasteiger partial charge on any atom is 0.277 e. The number of hydrogen-bond donors (Lipinski definition) is 0. The second-order valence-electron chi connectivity index (χ2n) is 5.22. The standard InChI is InChI=1S/C15H16ClN3O2S/c1-10-5-4-8-19(10)13(20)9-22-15-18-17-14(21-15)11-6-2-3-7-12(11)16/h2-3,6-7,10H,4-5,8-9H2,1H3. The molecule has 0 bridgehead atoms. The number of carbonyl (C=O) groups is 1. The molecule has 1 aromatic carbocycles. The van der Waals surface area contributed by atoms with Gasteiger partial charge in [0, 0.05) is 12.6 Å². The first-order valence-electron chi connectivity index (χ1n) is 7.16. The Morgan fingerprint density at radius 1 is 1.45 bits per heavy atom. The van der Waals surface area contributed by atoms with E-state index in [0.717, 1.165) is 19.4 Å². The largest absolute Gasteiger partial charge is 0.411 e. The van der Waals surface area contributed by atoms with E-state index in [2.05, 4.69) is 17.1 Å². The van der Waals surface area contributed by atoms with Crippen molar-refractivity contribution in [3.05, 3.63) is 29.3 Å². The van der Waals surface area contributed by atoms with Crippen molar-refractivity contribution in [3.63, 3.8) is 0 Å². The molecule has 2 aromatic rings. The first-order valence-corrected chi connectivity index (χ1v) is 8.52. The van der Waals surface area contributed by atoms with Gasteiger partial charge in [0.15, 0.2) is 0 Å². The predicted octanol–water partition coefficient (Wildman–Crippen LogP) is 3.49. The Hall–Kier alpha value is -1.53. The lowest BCUT2D eigenvalue weighted by Gasteiger charge is -2.20. The van der Waals surface area contributed by atoms with Crippen molar-refractivity contribution in [2.45, 2.75) is 31.0 Å². The molecule has 22 heavy (non-hydrogen) atoms. The van der Waals surface area contributed by atoms with Gasteiger partial charge in [0.25, 0.3) is 5.22 Å². The monoisotopic (exact) mass is 337 g/mol. The van der Waals surface area contributed by atoms with E-state index in [4.69, 9.17) is 16.0 Å². The van der Waals surface area contributed by atoms with Crippen molar-refractivity contribution < 1.29 is 9.21 Å². The number of benzene rings is 1. The Morgan fingerprint density at radius 3 is 3.00 bits per heavy atom. The average molecular weight is 338 g/mol. The van der Waals surface area contributed by atoms with Crippen molar-refractivity contribution in [2.75, 3.05) is 12.3 Å². The number of rotatable bonds is 4. The van der Waals surface area contributed by atoms with Crippen molar-refractivity contribution in [3.8, 4) is 11.5 Å². The van der Waals surface area contributed by atoms with Gasteiger partial charge in [-0.1, -0.05) is 35.5 Å². The van der Waals surface area contributed by atoms with Crippen LogP contribution in [0.25, 0.3) is 11.5 Å². The van der Waals surface area contributed by atoms with Gasteiger partial charge >= 0.3 is 0 Å². The maximum atomic E-state index is 12.2. The molecule has 1 amide bonds. The molecule has 0 saturated carbocycles. The van der Waals surface area contributed by atoms with E-state index in [1.807, 2.05) is 23.1 Å². The van der Waals surface area contributed by atoms with Crippen molar-refractivity contribution >= 4 is 29.3 Å². The van der Waals surface area contributed by atoms with Crippen LogP contribution in [0.15, 0.2) is 33.9 Å². The smallest absolute Gasteiger partial charge is 0.277 e. The number of amides is 1. The van der Waals surface area contributed by atoms with Crippen LogP contribution >= 0.6 is 23.4 Å². The Kier molecular flexibility index (Phi) is 4.69. The van der Waals surface area contributed by atoms with E-state index in [9.17, 15) is 4.79 Å². The number of carbonyl (C=O) groups excluding carboxylic acids is 1. The molecule has 2 heterocycles. The molecule has 5 nitrogen and oxygen atoms in total. The molecule has 1 aliphatic rings. The van der Waals surface area contributed by atoms with Gasteiger partial charge in [-0.3, -0.25) is 4.79 Å². The fourth-order valence-electron chi connectivity index (χ4n) is 2.52. The molecular weight excluding hydrogens is 322 g/mol. The highest BCUT2D eigenvalue weighted by Crippen LogP contribution is 2.29. The number of aromatic nitrogens is 2. The number of nitrogens with zero attached hydrogens (tertiary/aromatic N) is 3. The molecule has 7 heteroatoms. The second kappa shape index (κ2) is 6.71. The van der Waals surface area contributed by atoms with Crippen LogP contribution in [0.4, 0.5) is 0 Å². The van der Waals surface area contributed by atoms with Gasteiger partial charge in [0.2, 0.25) is 11.8 Å². The SMILES string of the molecule is CC1CCCN1C(=O)CSc1nnc(-c2ccccc2Cl)o1. The van der Waals surface area contributed by atoms with E-state index in [1.54, 1.807) is 6.07 Å². The van der Waals surface area contributed by atoms with E-state index >= 15 is 0 Å². The summed E-state index contributed by atoms with van der Waals surface area (Å²) in [5, 5.41) is 8.90. The summed E-state index contributed by atoms with van der Waals surface area (Å²) in [7, 11) is 0. The molecule has 0 N–H and O–H groups in total. The lowest BCUT2D eigenvalue weighted by Crippen LogP contribution is -2.34. The van der Waals surface area contributed by atoms with Gasteiger partial charge in [-0.15, -0.1) is 10.2 Å². The molecule has 1 aromatic heterocycles. The zero-order valence-electron chi connectivity index (χ0n) is 12.2. The zero-order valence-corrected chi connectivity index (χ0v) is 13.7. The molecule has 0 aliphatic carbocycles. The van der Waals surface area contributed by atoms with E-state index in [-0.39, 0.29) is 5.91 Å². The predicted molar refractivity (Wildman–Crippen MR) is 85.9 cm³/mol. The van der Waals surface area contributed by atoms with Crippen LogP contribution in [0.5, 0.6) is 0 Å². The van der Waals surface area contributed by atoms with Crippen molar-refractivity contribution in [1.29, 1.82) is 0 Å². The number of thioether (sulfide) groups is 1.